The quantitative estimate of drug-likeness (QED) is 0.907. The lowest BCUT2D eigenvalue weighted by atomic mass is 9.73. The van der Waals surface area contributed by atoms with E-state index < -0.39 is 0 Å². The maximum atomic E-state index is 10.2. The van der Waals surface area contributed by atoms with Crippen molar-refractivity contribution in [3.63, 3.8) is 0 Å². The fourth-order valence-corrected chi connectivity index (χ4v) is 3.15. The van der Waals surface area contributed by atoms with Crippen LogP contribution in [0.4, 0.5) is 0 Å². The molecule has 3 unspecified atom stereocenters. The Kier molecular flexibility index (Phi) is 4.81. The first-order valence-electron chi connectivity index (χ1n) is 7.27. The number of nitrogens with zero attached hydrogens (tertiary/aromatic N) is 1. The molecule has 3 nitrogen and oxygen atoms in total. The van der Waals surface area contributed by atoms with Crippen LogP contribution in [0.15, 0.2) is 18.3 Å². The van der Waals surface area contributed by atoms with Gasteiger partial charge in [-0.25, -0.2) is 4.98 Å². The van der Waals surface area contributed by atoms with Crippen LogP contribution in [0.2, 0.25) is 0 Å². The Hall–Kier alpha value is -1.09. The predicted octanol–water partition coefficient (Wildman–Crippen LogP) is 3.07. The van der Waals surface area contributed by atoms with Crippen LogP contribution < -0.4 is 4.74 Å². The molecule has 0 amide bonds. The third-order valence-electron chi connectivity index (χ3n) is 4.45. The number of aliphatic hydroxyl groups is 1. The summed E-state index contributed by atoms with van der Waals surface area (Å²) in [5.41, 5.74) is 1.11. The molecule has 1 N–H and O–H groups in total. The third-order valence-corrected chi connectivity index (χ3v) is 4.45. The number of methoxy groups -OCH3 is 1. The molecular formula is C16H25NO2. The first-order chi connectivity index (χ1) is 9.11. The van der Waals surface area contributed by atoms with Crippen molar-refractivity contribution in [2.45, 2.75) is 45.6 Å². The van der Waals surface area contributed by atoms with Gasteiger partial charge in [0, 0.05) is 11.8 Å². The van der Waals surface area contributed by atoms with Crippen molar-refractivity contribution >= 4 is 0 Å². The van der Waals surface area contributed by atoms with Crippen molar-refractivity contribution in [2.75, 3.05) is 7.11 Å². The highest BCUT2D eigenvalue weighted by Crippen LogP contribution is 2.36. The van der Waals surface area contributed by atoms with Gasteiger partial charge in [-0.2, -0.15) is 0 Å². The van der Waals surface area contributed by atoms with Crippen molar-refractivity contribution in [1.29, 1.82) is 0 Å². The number of aliphatic hydroxyl groups excluding tert-OH is 1. The van der Waals surface area contributed by atoms with Crippen LogP contribution in [0.25, 0.3) is 0 Å². The summed E-state index contributed by atoms with van der Waals surface area (Å²) in [4.78, 5) is 4.24. The maximum Gasteiger partial charge on any atom is 0.216 e. The molecule has 106 valence electrons. The Morgan fingerprint density at radius 3 is 2.89 bits per heavy atom. The zero-order chi connectivity index (χ0) is 13.8. The van der Waals surface area contributed by atoms with Gasteiger partial charge in [0.05, 0.1) is 13.2 Å². The van der Waals surface area contributed by atoms with E-state index in [1.54, 1.807) is 13.3 Å². The molecule has 1 aliphatic rings. The van der Waals surface area contributed by atoms with Crippen molar-refractivity contribution in [3.05, 3.63) is 23.9 Å². The molecule has 1 aliphatic carbocycles. The number of aromatic nitrogens is 1. The van der Waals surface area contributed by atoms with Crippen LogP contribution in [0, 0.1) is 17.8 Å². The molecule has 1 aromatic heterocycles. The summed E-state index contributed by atoms with van der Waals surface area (Å²) >= 11 is 0. The average molecular weight is 263 g/mol. The van der Waals surface area contributed by atoms with Gasteiger partial charge in [-0.3, -0.25) is 0 Å². The highest BCUT2D eigenvalue weighted by Gasteiger charge is 2.31. The molecule has 2 rings (SSSR count). The molecule has 0 spiro atoms. The van der Waals surface area contributed by atoms with Gasteiger partial charge in [-0.05, 0) is 49.5 Å². The van der Waals surface area contributed by atoms with E-state index >= 15 is 0 Å². The molecular weight excluding hydrogens is 238 g/mol. The van der Waals surface area contributed by atoms with E-state index in [-0.39, 0.29) is 6.10 Å². The fourth-order valence-electron chi connectivity index (χ4n) is 3.15. The van der Waals surface area contributed by atoms with Gasteiger partial charge in [0.25, 0.3) is 0 Å². The van der Waals surface area contributed by atoms with Crippen LogP contribution >= 0.6 is 0 Å². The Bertz CT molecular complexity index is 405. The molecule has 1 saturated carbocycles. The Labute approximate surface area is 116 Å². The van der Waals surface area contributed by atoms with Crippen LogP contribution in [0.3, 0.4) is 0 Å². The summed E-state index contributed by atoms with van der Waals surface area (Å²) in [6.45, 7) is 4.56. The zero-order valence-corrected chi connectivity index (χ0v) is 12.2. The minimum absolute atomic E-state index is 0.181. The van der Waals surface area contributed by atoms with E-state index in [2.05, 4.69) is 24.9 Å². The molecule has 1 fully saturated rings. The summed E-state index contributed by atoms with van der Waals surface area (Å²) in [5.74, 6) is 2.46. The summed E-state index contributed by atoms with van der Waals surface area (Å²) in [6, 6.07) is 3.99. The van der Waals surface area contributed by atoms with Gasteiger partial charge >= 0.3 is 0 Å². The normalized spacial score (nSPS) is 27.5. The second kappa shape index (κ2) is 6.38. The lowest BCUT2D eigenvalue weighted by molar-refractivity contribution is 0.0375. The highest BCUT2D eigenvalue weighted by molar-refractivity contribution is 5.26. The first kappa shape index (κ1) is 14.3. The summed E-state index contributed by atoms with van der Waals surface area (Å²) in [7, 11) is 1.65. The molecule has 0 radical (unpaired) electrons. The van der Waals surface area contributed by atoms with Gasteiger partial charge in [-0.15, -0.1) is 0 Å². The zero-order valence-electron chi connectivity index (χ0n) is 12.2. The second-order valence-corrected chi connectivity index (χ2v) is 6.02. The lowest BCUT2D eigenvalue weighted by Crippen LogP contribution is -2.32. The molecule has 1 heterocycles. The number of rotatable bonds is 4. The number of pyridine rings is 1. The molecule has 3 atom stereocenters. The van der Waals surface area contributed by atoms with E-state index in [0.29, 0.717) is 17.7 Å². The second-order valence-electron chi connectivity index (χ2n) is 6.02. The van der Waals surface area contributed by atoms with Gasteiger partial charge in [0.2, 0.25) is 5.88 Å². The molecule has 19 heavy (non-hydrogen) atoms. The van der Waals surface area contributed by atoms with Gasteiger partial charge in [0.15, 0.2) is 0 Å². The summed E-state index contributed by atoms with van der Waals surface area (Å²) in [5, 5.41) is 10.2. The standard InChI is InChI=1S/C16H25NO2/c1-11(2)12-6-7-15(18)14(9-12)10-13-5-4-8-17-16(13)19-3/h4-5,8,11-12,14-15,18H,6-7,9-10H2,1-3H3. The van der Waals surface area contributed by atoms with Crippen LogP contribution in [0.1, 0.15) is 38.7 Å². The lowest BCUT2D eigenvalue weighted by Gasteiger charge is -2.35. The van der Waals surface area contributed by atoms with Crippen molar-refractivity contribution < 1.29 is 9.84 Å². The monoisotopic (exact) mass is 263 g/mol. The smallest absolute Gasteiger partial charge is 0.216 e. The number of hydrogen-bond donors (Lipinski definition) is 1. The molecule has 0 aromatic carbocycles. The minimum Gasteiger partial charge on any atom is -0.481 e. The van der Waals surface area contributed by atoms with Gasteiger partial charge < -0.3 is 9.84 Å². The van der Waals surface area contributed by atoms with E-state index in [1.165, 1.54) is 0 Å². The molecule has 1 aromatic rings. The number of hydrogen-bond acceptors (Lipinski definition) is 3. The fraction of sp³-hybridized carbons (Fsp3) is 0.688. The summed E-state index contributed by atoms with van der Waals surface area (Å²) in [6.07, 6.45) is 5.62. The van der Waals surface area contributed by atoms with Gasteiger partial charge in [0.1, 0.15) is 0 Å². The van der Waals surface area contributed by atoms with Crippen LogP contribution in [-0.2, 0) is 6.42 Å². The van der Waals surface area contributed by atoms with Crippen LogP contribution in [0.5, 0.6) is 5.88 Å². The number of ether oxygens (including phenoxy) is 1. The first-order valence-corrected chi connectivity index (χ1v) is 7.27. The molecule has 3 heteroatoms. The average Bonchev–Trinajstić information content (AvgIpc) is 2.41. The maximum absolute atomic E-state index is 10.2. The summed E-state index contributed by atoms with van der Waals surface area (Å²) < 4.78 is 5.30. The predicted molar refractivity (Wildman–Crippen MR) is 76.2 cm³/mol. The van der Waals surface area contributed by atoms with E-state index in [4.69, 9.17) is 4.74 Å². The Balaban J connectivity index is 2.07. The van der Waals surface area contributed by atoms with Crippen LogP contribution in [-0.4, -0.2) is 23.3 Å². The molecule has 0 saturated heterocycles. The van der Waals surface area contributed by atoms with Crippen molar-refractivity contribution in [1.82, 2.24) is 4.98 Å². The van der Waals surface area contributed by atoms with Crippen molar-refractivity contribution in [2.24, 2.45) is 17.8 Å². The van der Waals surface area contributed by atoms with Gasteiger partial charge in [-0.1, -0.05) is 19.9 Å². The van der Waals surface area contributed by atoms with E-state index in [0.717, 1.165) is 37.2 Å². The highest BCUT2D eigenvalue weighted by atomic mass is 16.5. The molecule has 0 aliphatic heterocycles. The van der Waals surface area contributed by atoms with E-state index in [9.17, 15) is 5.11 Å². The van der Waals surface area contributed by atoms with Crippen molar-refractivity contribution in [3.8, 4) is 5.88 Å². The minimum atomic E-state index is -0.181. The Morgan fingerprint density at radius 2 is 2.21 bits per heavy atom. The molecule has 0 bridgehead atoms. The third kappa shape index (κ3) is 3.47. The largest absolute Gasteiger partial charge is 0.481 e. The topological polar surface area (TPSA) is 42.4 Å². The van der Waals surface area contributed by atoms with E-state index in [1.807, 2.05) is 6.07 Å². The SMILES string of the molecule is COc1ncccc1CC1CC(C(C)C)CCC1O. The Morgan fingerprint density at radius 1 is 1.42 bits per heavy atom.